The highest BCUT2D eigenvalue weighted by Crippen LogP contribution is 2.30. The maximum atomic E-state index is 14.7. The molecule has 1 aliphatic heterocycles. The van der Waals surface area contributed by atoms with Gasteiger partial charge in [-0.1, -0.05) is 41.9 Å². The Kier molecular flexibility index (Phi) is 8.50. The first kappa shape index (κ1) is 25.3. The number of amides is 1. The molecular formula is C28H28ClF2N2O2. The zero-order valence-electron chi connectivity index (χ0n) is 19.3. The molecule has 0 aromatic heterocycles. The number of hydrogen-bond acceptors (Lipinski definition) is 3. The second-order valence-corrected chi connectivity index (χ2v) is 9.21. The lowest BCUT2D eigenvalue weighted by Crippen LogP contribution is -2.45. The van der Waals surface area contributed by atoms with Gasteiger partial charge in [-0.15, -0.1) is 0 Å². The molecule has 1 radical (unpaired) electrons. The van der Waals surface area contributed by atoms with E-state index in [4.69, 9.17) is 16.3 Å². The number of benzene rings is 3. The average molecular weight is 498 g/mol. The first-order valence-electron chi connectivity index (χ1n) is 11.7. The van der Waals surface area contributed by atoms with Crippen LogP contribution >= 0.6 is 11.6 Å². The Labute approximate surface area is 209 Å². The van der Waals surface area contributed by atoms with Gasteiger partial charge in [0.2, 0.25) is 5.91 Å². The summed E-state index contributed by atoms with van der Waals surface area (Å²) in [5.74, 6) is -1.30. The summed E-state index contributed by atoms with van der Waals surface area (Å²) in [6.45, 7) is 5.09. The molecule has 1 heterocycles. The number of anilines is 1. The van der Waals surface area contributed by atoms with E-state index in [2.05, 4.69) is 17.6 Å². The highest BCUT2D eigenvalue weighted by molar-refractivity contribution is 6.30. The first-order valence-corrected chi connectivity index (χ1v) is 12.0. The van der Waals surface area contributed by atoms with Crippen LogP contribution in [0.4, 0.5) is 14.5 Å². The van der Waals surface area contributed by atoms with Crippen molar-refractivity contribution in [1.82, 2.24) is 5.32 Å². The van der Waals surface area contributed by atoms with Crippen LogP contribution in [0.25, 0.3) is 0 Å². The summed E-state index contributed by atoms with van der Waals surface area (Å²) in [5, 5.41) is 6.74. The summed E-state index contributed by atoms with van der Waals surface area (Å²) in [7, 11) is 0. The standard InChI is InChI=1S/C28H28ClF2N2O2/c1-18-17-35-23(16-32-18)13-14-24-26(31)3-2-4-27(24)33-28(34)15-25(19-5-9-21(29)10-6-19)20-7-11-22(30)12-8-20/h2-12,18,23,25,32H,1,13-17H2,(H,33,34)/t18-,23+,25-/m0/s1. The Morgan fingerprint density at radius 1 is 1.09 bits per heavy atom. The van der Waals surface area contributed by atoms with E-state index in [-0.39, 0.29) is 42.0 Å². The number of rotatable bonds is 8. The molecule has 0 aliphatic carbocycles. The molecule has 4 nitrogen and oxygen atoms in total. The van der Waals surface area contributed by atoms with Gasteiger partial charge in [0.15, 0.2) is 0 Å². The minimum Gasteiger partial charge on any atom is -0.375 e. The van der Waals surface area contributed by atoms with Crippen LogP contribution in [0.5, 0.6) is 0 Å². The third-order valence-electron chi connectivity index (χ3n) is 6.21. The molecule has 2 N–H and O–H groups in total. The van der Waals surface area contributed by atoms with E-state index in [1.165, 1.54) is 18.2 Å². The van der Waals surface area contributed by atoms with E-state index in [0.717, 1.165) is 11.1 Å². The fraction of sp³-hybridized carbons (Fsp3) is 0.286. The quantitative estimate of drug-likeness (QED) is 0.407. The lowest BCUT2D eigenvalue weighted by Gasteiger charge is -2.28. The van der Waals surface area contributed by atoms with Crippen LogP contribution in [0.3, 0.4) is 0 Å². The first-order chi connectivity index (χ1) is 16.9. The topological polar surface area (TPSA) is 50.4 Å². The van der Waals surface area contributed by atoms with Crippen LogP contribution < -0.4 is 10.6 Å². The molecule has 1 saturated heterocycles. The van der Waals surface area contributed by atoms with Crippen molar-refractivity contribution < 1.29 is 18.3 Å². The van der Waals surface area contributed by atoms with Gasteiger partial charge >= 0.3 is 0 Å². The SMILES string of the molecule is [CH2][C@H]1CO[C@H](CCc2c(F)cccc2NC(=O)C[C@H](c2ccc(F)cc2)c2ccc(Cl)cc2)CN1. The van der Waals surface area contributed by atoms with Crippen molar-refractivity contribution in [2.75, 3.05) is 18.5 Å². The van der Waals surface area contributed by atoms with Crippen molar-refractivity contribution in [3.8, 4) is 0 Å². The molecule has 0 spiro atoms. The molecule has 35 heavy (non-hydrogen) atoms. The molecule has 3 aromatic rings. The van der Waals surface area contributed by atoms with Crippen LogP contribution in [0.2, 0.25) is 5.02 Å². The normalized spacial score (nSPS) is 18.7. The van der Waals surface area contributed by atoms with Crippen LogP contribution in [-0.2, 0) is 16.0 Å². The summed E-state index contributed by atoms with van der Waals surface area (Å²) < 4.78 is 34.0. The molecule has 7 heteroatoms. The Morgan fingerprint density at radius 2 is 1.77 bits per heavy atom. The van der Waals surface area contributed by atoms with E-state index in [1.54, 1.807) is 36.4 Å². The van der Waals surface area contributed by atoms with E-state index < -0.39 is 0 Å². The molecular weight excluding hydrogens is 470 g/mol. The second kappa shape index (κ2) is 11.8. The zero-order chi connectivity index (χ0) is 24.8. The number of carbonyl (C=O) groups is 1. The van der Waals surface area contributed by atoms with Gasteiger partial charge in [0.1, 0.15) is 11.6 Å². The number of morpholine rings is 1. The van der Waals surface area contributed by atoms with Crippen molar-refractivity contribution in [3.05, 3.63) is 107 Å². The van der Waals surface area contributed by atoms with Gasteiger partial charge in [-0.05, 0) is 67.3 Å². The van der Waals surface area contributed by atoms with Crippen molar-refractivity contribution >= 4 is 23.2 Å². The van der Waals surface area contributed by atoms with Crippen LogP contribution in [0.1, 0.15) is 35.4 Å². The van der Waals surface area contributed by atoms with Crippen LogP contribution in [0, 0.1) is 18.6 Å². The average Bonchev–Trinajstić information content (AvgIpc) is 2.84. The number of ether oxygens (including phenoxy) is 1. The van der Waals surface area contributed by atoms with Crippen molar-refractivity contribution in [1.29, 1.82) is 0 Å². The van der Waals surface area contributed by atoms with Gasteiger partial charge in [0, 0.05) is 41.2 Å². The predicted molar refractivity (Wildman–Crippen MR) is 135 cm³/mol. The van der Waals surface area contributed by atoms with Gasteiger partial charge in [-0.25, -0.2) is 8.78 Å². The number of halogens is 3. The van der Waals surface area contributed by atoms with Crippen LogP contribution in [-0.4, -0.2) is 31.2 Å². The lowest BCUT2D eigenvalue weighted by atomic mass is 9.88. The Hall–Kier alpha value is -2.80. The number of nitrogens with one attached hydrogen (secondary N) is 2. The van der Waals surface area contributed by atoms with Crippen molar-refractivity contribution in [2.45, 2.75) is 37.3 Å². The molecule has 3 aromatic carbocycles. The lowest BCUT2D eigenvalue weighted by molar-refractivity contribution is -0.116. The van der Waals surface area contributed by atoms with Crippen molar-refractivity contribution in [3.63, 3.8) is 0 Å². The predicted octanol–water partition coefficient (Wildman–Crippen LogP) is 5.90. The van der Waals surface area contributed by atoms with Gasteiger partial charge in [-0.2, -0.15) is 0 Å². The fourth-order valence-corrected chi connectivity index (χ4v) is 4.42. The molecule has 0 unspecified atom stereocenters. The van der Waals surface area contributed by atoms with Crippen LogP contribution in [0.15, 0.2) is 66.7 Å². The molecule has 3 atom stereocenters. The maximum absolute atomic E-state index is 14.7. The molecule has 4 rings (SSSR count). The third kappa shape index (κ3) is 6.88. The summed E-state index contributed by atoms with van der Waals surface area (Å²) >= 11 is 6.04. The maximum Gasteiger partial charge on any atom is 0.225 e. The van der Waals surface area contributed by atoms with Gasteiger partial charge < -0.3 is 15.4 Å². The highest BCUT2D eigenvalue weighted by Gasteiger charge is 2.22. The zero-order valence-corrected chi connectivity index (χ0v) is 20.0. The number of hydrogen-bond donors (Lipinski definition) is 2. The van der Waals surface area contributed by atoms with E-state index >= 15 is 0 Å². The smallest absolute Gasteiger partial charge is 0.225 e. The Bertz CT molecular complexity index is 1090. The van der Waals surface area contributed by atoms with Gasteiger partial charge in [0.05, 0.1) is 12.7 Å². The molecule has 183 valence electrons. The minimum atomic E-state index is -0.366. The fourth-order valence-electron chi connectivity index (χ4n) is 4.29. The number of carbonyl (C=O) groups excluding carboxylic acids is 1. The summed E-state index contributed by atoms with van der Waals surface area (Å²) in [6.07, 6.45) is 1.11. The van der Waals surface area contributed by atoms with E-state index in [1.807, 2.05) is 12.1 Å². The summed E-state index contributed by atoms with van der Waals surface area (Å²) in [5.41, 5.74) is 2.57. The monoisotopic (exact) mass is 497 g/mol. The second-order valence-electron chi connectivity index (χ2n) is 8.77. The summed E-state index contributed by atoms with van der Waals surface area (Å²) in [4.78, 5) is 13.1. The van der Waals surface area contributed by atoms with E-state index in [0.29, 0.717) is 42.3 Å². The highest BCUT2D eigenvalue weighted by atomic mass is 35.5. The minimum absolute atomic E-state index is 0.0380. The third-order valence-corrected chi connectivity index (χ3v) is 6.46. The molecule has 0 saturated carbocycles. The molecule has 1 aliphatic rings. The van der Waals surface area contributed by atoms with E-state index in [9.17, 15) is 13.6 Å². The van der Waals surface area contributed by atoms with Crippen molar-refractivity contribution in [2.24, 2.45) is 0 Å². The molecule has 1 fully saturated rings. The summed E-state index contributed by atoms with van der Waals surface area (Å²) in [6, 6.07) is 18.1. The Morgan fingerprint density at radius 3 is 2.43 bits per heavy atom. The molecule has 1 amide bonds. The Balaban J connectivity index is 1.49. The van der Waals surface area contributed by atoms with Gasteiger partial charge in [0.25, 0.3) is 0 Å². The van der Waals surface area contributed by atoms with Gasteiger partial charge in [-0.3, -0.25) is 4.79 Å². The molecule has 0 bridgehead atoms. The largest absolute Gasteiger partial charge is 0.375 e.